The van der Waals surface area contributed by atoms with E-state index < -0.39 is 87.2 Å². The summed E-state index contributed by atoms with van der Waals surface area (Å²) in [5, 5.41) is 33.8. The minimum absolute atomic E-state index is 0.0383. The number of allylic oxidation sites excluding steroid dienone is 1. The van der Waals surface area contributed by atoms with E-state index in [4.69, 9.17) is 5.73 Å². The molecule has 4 rings (SSSR count). The summed E-state index contributed by atoms with van der Waals surface area (Å²) in [5.74, 6) is -7.19. The van der Waals surface area contributed by atoms with Gasteiger partial charge in [0.15, 0.2) is 5.82 Å². The summed E-state index contributed by atoms with van der Waals surface area (Å²) in [7, 11) is -4.47. The Morgan fingerprint density at radius 1 is 0.828 bits per heavy atom. The van der Waals surface area contributed by atoms with Gasteiger partial charge in [0.25, 0.3) is 33.7 Å². The van der Waals surface area contributed by atoms with Crippen LogP contribution in [0.2, 0.25) is 0 Å². The predicted octanol–water partition coefficient (Wildman–Crippen LogP) is 0.123. The second-order valence-corrected chi connectivity index (χ2v) is 14.8. The van der Waals surface area contributed by atoms with Gasteiger partial charge in [-0.3, -0.25) is 33.3 Å². The molecule has 0 aliphatic carbocycles. The highest BCUT2D eigenvalue weighted by molar-refractivity contribution is 7.85. The molecule has 23 nitrogen and oxygen atoms in total. The maximum atomic E-state index is 13.9. The number of nitrogens with one attached hydrogen (secondary N) is 7. The van der Waals surface area contributed by atoms with Gasteiger partial charge in [0, 0.05) is 25.7 Å². The first-order chi connectivity index (χ1) is 30.5. The summed E-state index contributed by atoms with van der Waals surface area (Å²) in [6.07, 6.45) is 4.21. The number of carboxylic acids is 1. The van der Waals surface area contributed by atoms with Crippen molar-refractivity contribution in [2.24, 2.45) is 16.0 Å². The van der Waals surface area contributed by atoms with Crippen molar-refractivity contribution in [2.75, 3.05) is 19.6 Å². The van der Waals surface area contributed by atoms with Crippen LogP contribution in [0.15, 0.2) is 123 Å². The van der Waals surface area contributed by atoms with Crippen LogP contribution in [0.4, 0.5) is 10.6 Å². The van der Waals surface area contributed by atoms with Crippen LogP contribution in [0, 0.1) is 0 Å². The average molecular weight is 902 g/mol. The molecule has 3 aromatic rings. The van der Waals surface area contributed by atoms with Crippen molar-refractivity contribution in [2.45, 2.75) is 43.2 Å². The number of aliphatic carboxylic acids is 1. The zero-order chi connectivity index (χ0) is 46.6. The highest BCUT2D eigenvalue weighted by Crippen LogP contribution is 2.18. The Hall–Kier alpha value is -8.12. The summed E-state index contributed by atoms with van der Waals surface area (Å²) in [4.78, 5) is 106. The van der Waals surface area contributed by atoms with E-state index in [1.54, 1.807) is 36.4 Å². The minimum atomic E-state index is -4.47. The fourth-order valence-corrected chi connectivity index (χ4v) is 6.27. The number of azo groups is 1. The third-order valence-corrected chi connectivity index (χ3v) is 9.53. The Labute approximate surface area is 364 Å². The monoisotopic (exact) mass is 901 g/mol. The molecule has 1 atom stereocenters. The lowest BCUT2D eigenvalue weighted by atomic mass is 10.0. The van der Waals surface area contributed by atoms with E-state index in [1.165, 1.54) is 48.7 Å². The predicted molar refractivity (Wildman–Crippen MR) is 224 cm³/mol. The second kappa shape index (κ2) is 23.8. The summed E-state index contributed by atoms with van der Waals surface area (Å²) < 4.78 is 32.6. The van der Waals surface area contributed by atoms with Gasteiger partial charge in [0.2, 0.25) is 11.8 Å². The average Bonchev–Trinajstić information content (AvgIpc) is 3.25. The number of carboxylic acid groups (broad SMARTS) is 1. The molecule has 24 heteroatoms. The number of unbranched alkanes of at least 4 members (excludes halogenated alkanes) is 1. The molecule has 2 aromatic carbocycles. The van der Waals surface area contributed by atoms with E-state index in [9.17, 15) is 56.4 Å². The molecule has 1 aliphatic heterocycles. The number of rotatable bonds is 15. The smallest absolute Gasteiger partial charge is 0.330 e. The largest absolute Gasteiger partial charge is 0.478 e. The van der Waals surface area contributed by atoms with E-state index in [1.807, 2.05) is 0 Å². The summed E-state index contributed by atoms with van der Waals surface area (Å²) in [6, 6.07) is 14.6. The molecule has 64 heavy (non-hydrogen) atoms. The van der Waals surface area contributed by atoms with Crippen LogP contribution < -0.4 is 43.0 Å². The van der Waals surface area contributed by atoms with Gasteiger partial charge in [-0.1, -0.05) is 60.7 Å². The van der Waals surface area contributed by atoms with Gasteiger partial charge < -0.3 is 48.1 Å². The van der Waals surface area contributed by atoms with E-state index in [0.717, 1.165) is 0 Å². The van der Waals surface area contributed by atoms with Crippen LogP contribution in [-0.4, -0.2) is 96.2 Å². The van der Waals surface area contributed by atoms with E-state index in [2.05, 4.69) is 52.4 Å². The third-order valence-electron chi connectivity index (χ3n) is 8.58. The zero-order valence-corrected chi connectivity index (χ0v) is 34.5. The molecule has 2 heterocycles. The van der Waals surface area contributed by atoms with E-state index in [0.29, 0.717) is 11.6 Å². The Morgan fingerprint density at radius 3 is 2.22 bits per heavy atom. The van der Waals surface area contributed by atoms with Gasteiger partial charge in [-0.05, 0) is 48.6 Å². The molecule has 0 saturated carbocycles. The standard InChI is InChI=1S/C40H43N11O12S/c41-40(60)43-18-8-13-27-36(56)45-23-33(52)47-30(20-34(53)54)39(59)50-29(19-24-9-2-1-3-10-24)38(58)49-28(37(57)48-27)12-6-7-17-42-35(55)26-15-16-32(44-21-26)51-46-22-25-11-4-5-14-31(25)64(61,62)63/h1-5,9-16,20-21,29H,6-8,17-19,22-23H2,(H,42,55)(H,45,56)(H,47,52)(H,48,57)(H,49,58)(H,50,59)(H,53,54)(H3,41,43,60)(H,61,62,63)/t29-/m1/s1. The third kappa shape index (κ3) is 16.1. The van der Waals surface area contributed by atoms with Crippen LogP contribution in [0.3, 0.4) is 0 Å². The van der Waals surface area contributed by atoms with Gasteiger partial charge in [-0.25, -0.2) is 14.6 Å². The molecular formula is C40H43N11O12S. The van der Waals surface area contributed by atoms with Gasteiger partial charge in [-0.2, -0.15) is 13.5 Å². The highest BCUT2D eigenvalue weighted by atomic mass is 32.2. The van der Waals surface area contributed by atoms with Crippen LogP contribution in [-0.2, 0) is 51.9 Å². The lowest BCUT2D eigenvalue weighted by molar-refractivity contribution is -0.132. The van der Waals surface area contributed by atoms with E-state index >= 15 is 0 Å². The molecule has 1 saturated heterocycles. The number of carbonyl (C=O) groups is 8. The maximum absolute atomic E-state index is 13.9. The summed E-state index contributed by atoms with van der Waals surface area (Å²) in [6.45, 7) is -0.978. The molecule has 1 fully saturated rings. The number of aromatic nitrogens is 1. The normalized spacial score (nSPS) is 17.4. The minimum Gasteiger partial charge on any atom is -0.478 e. The lowest BCUT2D eigenvalue weighted by Crippen LogP contribution is -2.51. The van der Waals surface area contributed by atoms with Crippen molar-refractivity contribution in [3.8, 4) is 0 Å². The van der Waals surface area contributed by atoms with Crippen molar-refractivity contribution in [1.82, 2.24) is 42.2 Å². The Morgan fingerprint density at radius 2 is 1.53 bits per heavy atom. The quantitative estimate of drug-likeness (QED) is 0.0420. The molecule has 336 valence electrons. The summed E-state index contributed by atoms with van der Waals surface area (Å²) in [5.41, 5.74) is 4.45. The maximum Gasteiger partial charge on any atom is 0.330 e. The van der Waals surface area contributed by atoms with Crippen molar-refractivity contribution < 1.29 is 56.4 Å². The Balaban J connectivity index is 1.52. The van der Waals surface area contributed by atoms with Gasteiger partial charge in [-0.15, -0.1) is 5.11 Å². The number of primary amides is 1. The number of hydrogen-bond acceptors (Lipinski definition) is 13. The Bertz CT molecular complexity index is 2490. The molecule has 1 aromatic heterocycles. The van der Waals surface area contributed by atoms with E-state index in [-0.39, 0.29) is 67.2 Å². The molecule has 11 N–H and O–H groups in total. The topological polar surface area (TPSA) is 359 Å². The number of nitrogens with two attached hydrogens (primary N) is 1. The molecule has 0 spiro atoms. The molecule has 0 unspecified atom stereocenters. The Kier molecular flexibility index (Phi) is 18.0. The van der Waals surface area contributed by atoms with Gasteiger partial charge in [0.05, 0.1) is 29.6 Å². The number of amides is 8. The first-order valence-corrected chi connectivity index (χ1v) is 20.5. The number of pyridine rings is 1. The fourth-order valence-electron chi connectivity index (χ4n) is 5.55. The van der Waals surface area contributed by atoms with Crippen LogP contribution >= 0.6 is 0 Å². The van der Waals surface area contributed by atoms with Crippen molar-refractivity contribution in [3.05, 3.63) is 125 Å². The van der Waals surface area contributed by atoms with Gasteiger partial charge >= 0.3 is 12.0 Å². The van der Waals surface area contributed by atoms with Crippen molar-refractivity contribution in [1.29, 1.82) is 0 Å². The number of benzene rings is 2. The molecule has 8 amide bonds. The lowest BCUT2D eigenvalue weighted by Gasteiger charge is -2.20. The molecular weight excluding hydrogens is 859 g/mol. The van der Waals surface area contributed by atoms with Crippen molar-refractivity contribution in [3.63, 3.8) is 0 Å². The summed E-state index contributed by atoms with van der Waals surface area (Å²) >= 11 is 0. The fraction of sp³-hybridized carbons (Fsp3) is 0.225. The first kappa shape index (κ1) is 48.5. The number of carbonyl (C=O) groups excluding carboxylic acids is 7. The van der Waals surface area contributed by atoms with Gasteiger partial charge in [0.1, 0.15) is 23.1 Å². The number of nitrogens with zero attached hydrogens (tertiary/aromatic N) is 3. The van der Waals surface area contributed by atoms with Crippen LogP contribution in [0.25, 0.3) is 0 Å². The highest BCUT2D eigenvalue weighted by Gasteiger charge is 2.28. The molecule has 0 bridgehead atoms. The molecule has 1 aliphatic rings. The number of hydrogen-bond donors (Lipinski definition) is 10. The second-order valence-electron chi connectivity index (χ2n) is 13.4. The SMILES string of the molecule is NC(=O)NCCC=C1NC(=O)C(=CCCCNC(=O)c2ccc(N=NCc3ccccc3S(=O)(=O)O)nc2)NC(=O)[C@@H](Cc2ccccc2)NC(=O)C(=CC(=O)O)NC(=O)CNC1=O. The first-order valence-electron chi connectivity index (χ1n) is 19.1. The molecule has 0 radical (unpaired) electrons. The van der Waals surface area contributed by atoms with Crippen LogP contribution in [0.5, 0.6) is 0 Å². The van der Waals surface area contributed by atoms with Crippen molar-refractivity contribution >= 4 is 63.4 Å². The number of urea groups is 1. The van der Waals surface area contributed by atoms with Crippen LogP contribution in [0.1, 0.15) is 40.7 Å². The zero-order valence-electron chi connectivity index (χ0n) is 33.7.